The molecule has 1 amide bonds. The Morgan fingerprint density at radius 1 is 1.32 bits per heavy atom. The average molecular weight is 283 g/mol. The molecule has 0 N–H and O–H groups in total. The first-order chi connectivity index (χ1) is 8.99. The molecule has 0 aliphatic rings. The Kier molecular flexibility index (Phi) is 6.29. The Morgan fingerprint density at radius 2 is 2.00 bits per heavy atom. The highest BCUT2D eigenvalue weighted by Crippen LogP contribution is 2.16. The second-order valence-corrected chi connectivity index (χ2v) is 5.40. The number of nitrogens with zero attached hydrogens (tertiary/aromatic N) is 2. The van der Waals surface area contributed by atoms with Crippen molar-refractivity contribution in [3.05, 3.63) is 28.5 Å². The van der Waals surface area contributed by atoms with E-state index < -0.39 is 0 Å². The number of halogens is 1. The first kappa shape index (κ1) is 16.0. The minimum atomic E-state index is 0.0403. The molecule has 0 saturated heterocycles. The Morgan fingerprint density at radius 3 is 2.53 bits per heavy atom. The molecule has 19 heavy (non-hydrogen) atoms. The van der Waals surface area contributed by atoms with Crippen molar-refractivity contribution >= 4 is 17.5 Å². The number of rotatable bonds is 6. The van der Waals surface area contributed by atoms with Crippen LogP contribution in [0.1, 0.15) is 56.6 Å². The van der Waals surface area contributed by atoms with E-state index >= 15 is 0 Å². The summed E-state index contributed by atoms with van der Waals surface area (Å²) in [5, 5.41) is 0.398. The van der Waals surface area contributed by atoms with Crippen molar-refractivity contribution in [2.45, 2.75) is 53.0 Å². The first-order valence-corrected chi connectivity index (χ1v) is 7.34. The molecule has 1 rings (SSSR count). The van der Waals surface area contributed by atoms with Gasteiger partial charge in [-0.05, 0) is 38.8 Å². The molecule has 0 radical (unpaired) electrons. The van der Waals surface area contributed by atoms with E-state index in [9.17, 15) is 4.79 Å². The normalized spacial score (nSPS) is 10.8. The fourth-order valence-electron chi connectivity index (χ4n) is 2.06. The number of hydrogen-bond acceptors (Lipinski definition) is 2. The molecular formula is C15H23ClN2O. The number of carbonyl (C=O) groups is 1. The third-order valence-electron chi connectivity index (χ3n) is 2.95. The van der Waals surface area contributed by atoms with E-state index in [-0.39, 0.29) is 11.9 Å². The van der Waals surface area contributed by atoms with Gasteiger partial charge in [-0.1, -0.05) is 31.9 Å². The summed E-state index contributed by atoms with van der Waals surface area (Å²) in [5.41, 5.74) is 1.53. The van der Waals surface area contributed by atoms with Crippen LogP contribution in [0.2, 0.25) is 5.15 Å². The van der Waals surface area contributed by atoms with Gasteiger partial charge in [0.25, 0.3) is 5.91 Å². The van der Waals surface area contributed by atoms with E-state index in [1.807, 2.05) is 24.8 Å². The monoisotopic (exact) mass is 282 g/mol. The van der Waals surface area contributed by atoms with E-state index in [0.717, 1.165) is 31.5 Å². The fourth-order valence-corrected chi connectivity index (χ4v) is 2.29. The smallest absolute Gasteiger partial charge is 0.254 e. The molecule has 0 atom stereocenters. The summed E-state index contributed by atoms with van der Waals surface area (Å²) < 4.78 is 0. The third kappa shape index (κ3) is 4.50. The zero-order valence-corrected chi connectivity index (χ0v) is 13.0. The van der Waals surface area contributed by atoms with Gasteiger partial charge in [0.1, 0.15) is 5.15 Å². The molecule has 0 unspecified atom stereocenters. The van der Waals surface area contributed by atoms with Gasteiger partial charge in [0.2, 0.25) is 0 Å². The standard InChI is InChI=1S/C15H23ClN2O/c1-5-7-13-9-12(10-14(16)17-13)15(19)18(8-6-2)11(3)4/h9-11H,5-8H2,1-4H3. The molecular weight excluding hydrogens is 260 g/mol. The maximum atomic E-state index is 12.5. The summed E-state index contributed by atoms with van der Waals surface area (Å²) in [4.78, 5) is 18.7. The predicted molar refractivity (Wildman–Crippen MR) is 79.7 cm³/mol. The zero-order valence-electron chi connectivity index (χ0n) is 12.2. The summed E-state index contributed by atoms with van der Waals surface area (Å²) in [7, 11) is 0. The highest BCUT2D eigenvalue weighted by molar-refractivity contribution is 6.29. The SMILES string of the molecule is CCCc1cc(C(=O)N(CCC)C(C)C)cc(Cl)n1. The van der Waals surface area contributed by atoms with Crippen LogP contribution in [0.25, 0.3) is 0 Å². The lowest BCUT2D eigenvalue weighted by molar-refractivity contribution is 0.0705. The first-order valence-electron chi connectivity index (χ1n) is 6.97. The third-order valence-corrected chi connectivity index (χ3v) is 3.14. The van der Waals surface area contributed by atoms with Crippen LogP contribution in [0, 0.1) is 0 Å². The van der Waals surface area contributed by atoms with Crippen LogP contribution < -0.4 is 0 Å². The minimum Gasteiger partial charge on any atom is -0.336 e. The Hall–Kier alpha value is -1.09. The van der Waals surface area contributed by atoms with Gasteiger partial charge in [0.15, 0.2) is 0 Å². The molecule has 106 valence electrons. The largest absolute Gasteiger partial charge is 0.336 e. The number of amides is 1. The van der Waals surface area contributed by atoms with Gasteiger partial charge in [-0.2, -0.15) is 0 Å². The number of carbonyl (C=O) groups excluding carboxylic acids is 1. The van der Waals surface area contributed by atoms with Crippen LogP contribution in [0.4, 0.5) is 0 Å². The van der Waals surface area contributed by atoms with Crippen molar-refractivity contribution in [2.24, 2.45) is 0 Å². The second kappa shape index (κ2) is 7.49. The summed E-state index contributed by atoms with van der Waals surface area (Å²) in [6.45, 7) is 8.98. The summed E-state index contributed by atoms with van der Waals surface area (Å²) in [6.07, 6.45) is 2.78. The van der Waals surface area contributed by atoms with Gasteiger partial charge in [-0.25, -0.2) is 4.98 Å². The number of pyridine rings is 1. The summed E-state index contributed by atoms with van der Waals surface area (Å²) in [6, 6.07) is 3.71. The minimum absolute atomic E-state index is 0.0403. The maximum Gasteiger partial charge on any atom is 0.254 e. The molecule has 0 aliphatic carbocycles. The van der Waals surface area contributed by atoms with Crippen molar-refractivity contribution in [3.8, 4) is 0 Å². The van der Waals surface area contributed by atoms with Crippen molar-refractivity contribution < 1.29 is 4.79 Å². The second-order valence-electron chi connectivity index (χ2n) is 5.01. The number of hydrogen-bond donors (Lipinski definition) is 0. The van der Waals surface area contributed by atoms with Crippen LogP contribution in [-0.2, 0) is 6.42 Å². The van der Waals surface area contributed by atoms with E-state index in [0.29, 0.717) is 10.7 Å². The van der Waals surface area contributed by atoms with Crippen molar-refractivity contribution in [1.82, 2.24) is 9.88 Å². The molecule has 1 heterocycles. The lowest BCUT2D eigenvalue weighted by Gasteiger charge is -2.26. The van der Waals surface area contributed by atoms with Crippen LogP contribution in [-0.4, -0.2) is 28.4 Å². The lowest BCUT2D eigenvalue weighted by Crippen LogP contribution is -2.37. The van der Waals surface area contributed by atoms with Crippen LogP contribution in [0.3, 0.4) is 0 Å². The molecule has 3 nitrogen and oxygen atoms in total. The van der Waals surface area contributed by atoms with E-state index in [1.165, 1.54) is 0 Å². The maximum absolute atomic E-state index is 12.5. The zero-order chi connectivity index (χ0) is 14.4. The van der Waals surface area contributed by atoms with Crippen molar-refractivity contribution in [1.29, 1.82) is 0 Å². The number of aryl methyl sites for hydroxylation is 1. The fraction of sp³-hybridized carbons (Fsp3) is 0.600. The van der Waals surface area contributed by atoms with Crippen LogP contribution in [0.5, 0.6) is 0 Å². The molecule has 0 saturated carbocycles. The molecule has 0 aromatic carbocycles. The Bertz CT molecular complexity index is 432. The lowest BCUT2D eigenvalue weighted by atomic mass is 10.1. The van der Waals surface area contributed by atoms with Crippen LogP contribution in [0.15, 0.2) is 12.1 Å². The molecule has 1 aromatic rings. The van der Waals surface area contributed by atoms with Crippen molar-refractivity contribution in [2.75, 3.05) is 6.54 Å². The van der Waals surface area contributed by atoms with Gasteiger partial charge < -0.3 is 4.90 Å². The Labute approximate surface area is 121 Å². The highest BCUT2D eigenvalue weighted by Gasteiger charge is 2.19. The van der Waals surface area contributed by atoms with Gasteiger partial charge in [0, 0.05) is 23.8 Å². The van der Waals surface area contributed by atoms with Gasteiger partial charge in [-0.15, -0.1) is 0 Å². The van der Waals surface area contributed by atoms with Gasteiger partial charge >= 0.3 is 0 Å². The van der Waals surface area contributed by atoms with Crippen molar-refractivity contribution in [3.63, 3.8) is 0 Å². The Balaban J connectivity index is 3.03. The molecule has 0 aliphatic heterocycles. The highest BCUT2D eigenvalue weighted by atomic mass is 35.5. The van der Waals surface area contributed by atoms with E-state index in [1.54, 1.807) is 6.07 Å². The molecule has 1 aromatic heterocycles. The predicted octanol–water partition coefficient (Wildman–Crippen LogP) is 3.95. The average Bonchev–Trinajstić information content (AvgIpc) is 2.34. The van der Waals surface area contributed by atoms with Gasteiger partial charge in [-0.3, -0.25) is 4.79 Å². The van der Waals surface area contributed by atoms with Crippen LogP contribution >= 0.6 is 11.6 Å². The quantitative estimate of drug-likeness (QED) is 0.740. The molecule has 0 spiro atoms. The van der Waals surface area contributed by atoms with Gasteiger partial charge in [0.05, 0.1) is 0 Å². The molecule has 4 heteroatoms. The summed E-state index contributed by atoms with van der Waals surface area (Å²) in [5.74, 6) is 0.0403. The van der Waals surface area contributed by atoms with E-state index in [2.05, 4.69) is 18.8 Å². The molecule has 0 bridgehead atoms. The van der Waals surface area contributed by atoms with E-state index in [4.69, 9.17) is 11.6 Å². The number of aromatic nitrogens is 1. The summed E-state index contributed by atoms with van der Waals surface area (Å²) >= 11 is 6.01. The topological polar surface area (TPSA) is 33.2 Å². The molecule has 0 fully saturated rings.